The Hall–Kier alpha value is -1.57. The summed E-state index contributed by atoms with van der Waals surface area (Å²) in [5, 5.41) is 0. The first-order valence-corrected chi connectivity index (χ1v) is 3.35. The predicted molar refractivity (Wildman–Crippen MR) is 42.2 cm³/mol. The molecule has 0 saturated carbocycles. The van der Waals surface area contributed by atoms with E-state index in [0.29, 0.717) is 5.56 Å². The first kappa shape index (κ1) is 6.16. The van der Waals surface area contributed by atoms with Crippen LogP contribution in [0.1, 0.15) is 5.56 Å². The van der Waals surface area contributed by atoms with E-state index in [1.165, 1.54) is 0 Å². The second-order valence-electron chi connectivity index (χ2n) is 2.36. The van der Waals surface area contributed by atoms with Gasteiger partial charge < -0.3 is 4.40 Å². The molecule has 0 unspecified atom stereocenters. The van der Waals surface area contributed by atoms with Crippen molar-refractivity contribution < 1.29 is 4.79 Å². The van der Waals surface area contributed by atoms with E-state index in [1.54, 1.807) is 12.3 Å². The average Bonchev–Trinajstić information content (AvgIpc) is 2.50. The monoisotopic (exact) mass is 144 g/mol. The van der Waals surface area contributed by atoms with Gasteiger partial charge in [-0.15, -0.1) is 0 Å². The molecule has 11 heavy (non-hydrogen) atoms. The maximum atomic E-state index is 10.2. The molecule has 0 spiro atoms. The van der Waals surface area contributed by atoms with Crippen LogP contribution in [0.25, 0.3) is 5.52 Å². The van der Waals surface area contributed by atoms with Crippen molar-refractivity contribution in [2.24, 2.45) is 0 Å². The predicted octanol–water partition coefficient (Wildman–Crippen LogP) is 1.40. The Balaban J connectivity index is 2.76. The molecule has 0 N–H and O–H groups in total. The molecular weight excluding hydrogens is 138 g/mol. The van der Waals surface area contributed by atoms with Crippen LogP contribution < -0.4 is 0 Å². The fourth-order valence-electron chi connectivity index (χ4n) is 1.09. The molecule has 0 amide bonds. The summed E-state index contributed by atoms with van der Waals surface area (Å²) in [7, 11) is 0. The van der Waals surface area contributed by atoms with Crippen molar-refractivity contribution >= 4 is 11.8 Å². The normalized spacial score (nSPS) is 10.2. The van der Waals surface area contributed by atoms with Crippen molar-refractivity contribution in [1.29, 1.82) is 0 Å². The molecule has 1 radical (unpaired) electrons. The van der Waals surface area contributed by atoms with Crippen LogP contribution >= 0.6 is 0 Å². The highest BCUT2D eigenvalue weighted by atomic mass is 16.1. The van der Waals surface area contributed by atoms with Gasteiger partial charge in [-0.25, -0.2) is 0 Å². The van der Waals surface area contributed by atoms with E-state index in [9.17, 15) is 4.79 Å². The Kier molecular flexibility index (Phi) is 1.25. The van der Waals surface area contributed by atoms with Gasteiger partial charge >= 0.3 is 0 Å². The highest BCUT2D eigenvalue weighted by Crippen LogP contribution is 2.05. The second kappa shape index (κ2) is 2.23. The largest absolute Gasteiger partial charge is 0.323 e. The van der Waals surface area contributed by atoms with Crippen molar-refractivity contribution in [2.45, 2.75) is 0 Å². The van der Waals surface area contributed by atoms with Crippen molar-refractivity contribution in [1.82, 2.24) is 4.40 Å². The van der Waals surface area contributed by atoms with Crippen LogP contribution in [-0.4, -0.2) is 10.7 Å². The Labute approximate surface area is 64.1 Å². The molecule has 0 atom stereocenters. The van der Waals surface area contributed by atoms with Crippen molar-refractivity contribution in [3.8, 4) is 0 Å². The van der Waals surface area contributed by atoms with E-state index in [0.717, 1.165) is 5.52 Å². The van der Waals surface area contributed by atoms with Crippen molar-refractivity contribution in [3.05, 3.63) is 42.2 Å². The molecule has 2 nitrogen and oxygen atoms in total. The van der Waals surface area contributed by atoms with Gasteiger partial charge in [0.2, 0.25) is 6.29 Å². The molecule has 0 aliphatic rings. The van der Waals surface area contributed by atoms with E-state index in [2.05, 4.69) is 0 Å². The van der Waals surface area contributed by atoms with Gasteiger partial charge in [0.15, 0.2) is 0 Å². The quantitative estimate of drug-likeness (QED) is 0.592. The molecule has 2 heteroatoms. The maximum Gasteiger partial charge on any atom is 0.235 e. The van der Waals surface area contributed by atoms with Gasteiger partial charge in [0, 0.05) is 23.5 Å². The van der Waals surface area contributed by atoms with Crippen LogP contribution in [0.2, 0.25) is 0 Å². The van der Waals surface area contributed by atoms with Crippen LogP contribution in [0.4, 0.5) is 0 Å². The first-order chi connectivity index (χ1) is 5.40. The lowest BCUT2D eigenvalue weighted by Gasteiger charge is -1.93. The van der Waals surface area contributed by atoms with E-state index in [-0.39, 0.29) is 0 Å². The van der Waals surface area contributed by atoms with E-state index in [4.69, 9.17) is 0 Å². The SMILES string of the molecule is O=[C]c1ccc2cccn2c1. The Morgan fingerprint density at radius 3 is 3.00 bits per heavy atom. The molecule has 2 heterocycles. The summed E-state index contributed by atoms with van der Waals surface area (Å²) in [6, 6.07) is 7.56. The maximum absolute atomic E-state index is 10.2. The zero-order valence-corrected chi connectivity index (χ0v) is 5.82. The fraction of sp³-hybridized carbons (Fsp3) is 0. The zero-order valence-electron chi connectivity index (χ0n) is 5.82. The second-order valence-corrected chi connectivity index (χ2v) is 2.36. The minimum Gasteiger partial charge on any atom is -0.323 e. The lowest BCUT2D eigenvalue weighted by molar-refractivity contribution is 0.562. The average molecular weight is 144 g/mol. The molecule has 0 bridgehead atoms. The van der Waals surface area contributed by atoms with Crippen LogP contribution in [0.15, 0.2) is 36.7 Å². The third-order valence-corrected chi connectivity index (χ3v) is 1.64. The minimum atomic E-state index is 0.578. The summed E-state index contributed by atoms with van der Waals surface area (Å²) >= 11 is 0. The van der Waals surface area contributed by atoms with Gasteiger partial charge in [0.05, 0.1) is 0 Å². The summed E-state index contributed by atoms with van der Waals surface area (Å²) in [4.78, 5) is 10.2. The standard InChI is InChI=1S/C9H6NO/c11-7-8-3-4-9-2-1-5-10(9)6-8/h1-6H. The Bertz CT molecular complexity index is 389. The molecule has 0 fully saturated rings. The van der Waals surface area contributed by atoms with Gasteiger partial charge in [0.1, 0.15) is 0 Å². The summed E-state index contributed by atoms with van der Waals surface area (Å²) in [6.45, 7) is 0. The summed E-state index contributed by atoms with van der Waals surface area (Å²) in [5.74, 6) is 0. The molecule has 2 rings (SSSR count). The third-order valence-electron chi connectivity index (χ3n) is 1.64. The Morgan fingerprint density at radius 1 is 1.27 bits per heavy atom. The van der Waals surface area contributed by atoms with Crippen LogP contribution in [0.3, 0.4) is 0 Å². The van der Waals surface area contributed by atoms with Gasteiger partial charge in [-0.2, -0.15) is 0 Å². The van der Waals surface area contributed by atoms with Crippen LogP contribution in [0.5, 0.6) is 0 Å². The number of aromatic nitrogens is 1. The fourth-order valence-corrected chi connectivity index (χ4v) is 1.09. The molecule has 0 aromatic carbocycles. The number of carbonyl (C=O) groups excluding carboxylic acids is 1. The smallest absolute Gasteiger partial charge is 0.235 e. The number of pyridine rings is 1. The number of hydrogen-bond donors (Lipinski definition) is 0. The molecular formula is C9H6NO. The molecule has 0 aliphatic carbocycles. The third kappa shape index (κ3) is 0.923. The molecule has 0 aliphatic heterocycles. The molecule has 2 aromatic heterocycles. The van der Waals surface area contributed by atoms with Crippen LogP contribution in [0, 0.1) is 0 Å². The van der Waals surface area contributed by atoms with Gasteiger partial charge in [-0.1, -0.05) is 0 Å². The topological polar surface area (TPSA) is 21.5 Å². The number of hydrogen-bond acceptors (Lipinski definition) is 1. The van der Waals surface area contributed by atoms with Gasteiger partial charge in [0.25, 0.3) is 0 Å². The van der Waals surface area contributed by atoms with E-state index < -0.39 is 0 Å². The van der Waals surface area contributed by atoms with Crippen molar-refractivity contribution in [3.63, 3.8) is 0 Å². The molecule has 0 saturated heterocycles. The zero-order chi connectivity index (χ0) is 7.68. The minimum absolute atomic E-state index is 0.578. The first-order valence-electron chi connectivity index (χ1n) is 3.35. The highest BCUT2D eigenvalue weighted by molar-refractivity contribution is 5.75. The number of rotatable bonds is 1. The van der Waals surface area contributed by atoms with E-state index >= 15 is 0 Å². The van der Waals surface area contributed by atoms with Gasteiger partial charge in [-0.3, -0.25) is 4.79 Å². The molecule has 2 aromatic rings. The summed E-state index contributed by atoms with van der Waals surface area (Å²) in [6.07, 6.45) is 5.49. The summed E-state index contributed by atoms with van der Waals surface area (Å²) < 4.78 is 1.89. The van der Waals surface area contributed by atoms with Gasteiger partial charge in [-0.05, 0) is 24.3 Å². The van der Waals surface area contributed by atoms with Crippen molar-refractivity contribution in [2.75, 3.05) is 0 Å². The Morgan fingerprint density at radius 2 is 2.18 bits per heavy atom. The summed E-state index contributed by atoms with van der Waals surface area (Å²) in [5.41, 5.74) is 1.66. The highest BCUT2D eigenvalue weighted by Gasteiger charge is 1.92. The number of nitrogens with zero attached hydrogens (tertiary/aromatic N) is 1. The van der Waals surface area contributed by atoms with Crippen LogP contribution in [-0.2, 0) is 4.79 Å². The number of fused-ring (bicyclic) bond motifs is 1. The lowest BCUT2D eigenvalue weighted by Crippen LogP contribution is -1.85. The van der Waals surface area contributed by atoms with E-state index in [1.807, 2.05) is 35.1 Å². The molecule has 53 valence electrons. The lowest BCUT2D eigenvalue weighted by atomic mass is 10.3.